The zero-order valence-corrected chi connectivity index (χ0v) is 11.3. The number of benzene rings is 1. The largest absolute Gasteiger partial charge is 0.379 e. The van der Waals surface area contributed by atoms with Crippen molar-refractivity contribution in [1.82, 2.24) is 0 Å². The summed E-state index contributed by atoms with van der Waals surface area (Å²) in [4.78, 5) is 14.6. The number of nitrogens with two attached hydrogens (primary N) is 1. The molecule has 0 radical (unpaired) electrons. The number of rotatable bonds is 1. The van der Waals surface area contributed by atoms with E-state index in [1.807, 2.05) is 23.1 Å². The fourth-order valence-electron chi connectivity index (χ4n) is 3.01. The van der Waals surface area contributed by atoms with Gasteiger partial charge in [-0.3, -0.25) is 4.79 Å². The first-order valence-corrected chi connectivity index (χ1v) is 6.87. The van der Waals surface area contributed by atoms with E-state index < -0.39 is 5.54 Å². The van der Waals surface area contributed by atoms with Crippen molar-refractivity contribution in [3.05, 3.63) is 29.8 Å². The fourth-order valence-corrected chi connectivity index (χ4v) is 3.01. The minimum absolute atomic E-state index is 0.00370. The number of amides is 1. The summed E-state index contributed by atoms with van der Waals surface area (Å²) in [6, 6.07) is 8.11. The summed E-state index contributed by atoms with van der Waals surface area (Å²) in [6.07, 6.45) is 1.63. The molecule has 0 spiro atoms. The second-order valence-electron chi connectivity index (χ2n) is 5.81. The van der Waals surface area contributed by atoms with Gasteiger partial charge in [0, 0.05) is 18.8 Å². The first-order chi connectivity index (χ1) is 9.10. The zero-order chi connectivity index (χ0) is 13.5. The van der Waals surface area contributed by atoms with Crippen molar-refractivity contribution in [1.29, 1.82) is 0 Å². The summed E-state index contributed by atoms with van der Waals surface area (Å²) < 4.78 is 5.31. The van der Waals surface area contributed by atoms with Gasteiger partial charge in [-0.05, 0) is 30.4 Å². The summed E-state index contributed by atoms with van der Waals surface area (Å²) in [7, 11) is 0. The maximum absolute atomic E-state index is 12.8. The number of ether oxygens (including phenoxy) is 1. The van der Waals surface area contributed by atoms with Crippen molar-refractivity contribution < 1.29 is 9.53 Å². The van der Waals surface area contributed by atoms with Gasteiger partial charge in [-0.15, -0.1) is 0 Å². The third-order valence-corrected chi connectivity index (χ3v) is 4.07. The van der Waals surface area contributed by atoms with Gasteiger partial charge in [0.15, 0.2) is 0 Å². The molecular formula is C15H20N2O2. The first kappa shape index (κ1) is 12.6. The molecule has 3 rings (SSSR count). The van der Waals surface area contributed by atoms with Gasteiger partial charge in [0.25, 0.3) is 0 Å². The number of fused-ring (bicyclic) bond motifs is 1. The number of hydrogen-bond donors (Lipinski definition) is 1. The third kappa shape index (κ3) is 2.15. The summed E-state index contributed by atoms with van der Waals surface area (Å²) in [5.41, 5.74) is 7.63. The molecule has 2 N–H and O–H groups in total. The number of carbonyl (C=O) groups is 1. The molecule has 1 aromatic carbocycles. The lowest BCUT2D eigenvalue weighted by Gasteiger charge is -2.37. The molecule has 19 heavy (non-hydrogen) atoms. The standard InChI is InChI=1S/C15H20N2O2/c1-11-8-12-4-2-3-5-13(12)17(9-11)14(18)15(16)6-7-19-10-15/h2-5,11H,6-10,16H2,1H3. The Bertz CT molecular complexity index is 495. The number of anilines is 1. The van der Waals surface area contributed by atoms with E-state index in [4.69, 9.17) is 10.5 Å². The molecular weight excluding hydrogens is 240 g/mol. The number of carbonyl (C=O) groups excluding carboxylic acids is 1. The predicted octanol–water partition coefficient (Wildman–Crippen LogP) is 1.33. The van der Waals surface area contributed by atoms with Gasteiger partial charge in [0.05, 0.1) is 6.61 Å². The Morgan fingerprint density at radius 3 is 3.00 bits per heavy atom. The molecule has 0 bridgehead atoms. The van der Waals surface area contributed by atoms with Crippen LogP contribution in [0.15, 0.2) is 24.3 Å². The van der Waals surface area contributed by atoms with Crippen LogP contribution in [0.1, 0.15) is 18.9 Å². The van der Waals surface area contributed by atoms with Crippen LogP contribution in [0.5, 0.6) is 0 Å². The topological polar surface area (TPSA) is 55.6 Å². The monoisotopic (exact) mass is 260 g/mol. The van der Waals surface area contributed by atoms with Gasteiger partial charge in [-0.2, -0.15) is 0 Å². The Morgan fingerprint density at radius 1 is 1.47 bits per heavy atom. The highest BCUT2D eigenvalue weighted by Gasteiger charge is 2.43. The Labute approximate surface area is 113 Å². The van der Waals surface area contributed by atoms with Gasteiger partial charge in [-0.25, -0.2) is 0 Å². The fraction of sp³-hybridized carbons (Fsp3) is 0.533. The molecule has 4 nitrogen and oxygen atoms in total. The van der Waals surface area contributed by atoms with Gasteiger partial charge in [0.1, 0.15) is 5.54 Å². The van der Waals surface area contributed by atoms with Crippen LogP contribution in [-0.2, 0) is 16.0 Å². The molecule has 2 aliphatic heterocycles. The molecule has 2 heterocycles. The van der Waals surface area contributed by atoms with Gasteiger partial charge in [0.2, 0.25) is 5.91 Å². The van der Waals surface area contributed by atoms with E-state index in [9.17, 15) is 4.79 Å². The SMILES string of the molecule is CC1Cc2ccccc2N(C(=O)C2(N)CCOC2)C1. The lowest BCUT2D eigenvalue weighted by molar-refractivity contribution is -0.123. The second-order valence-corrected chi connectivity index (χ2v) is 5.81. The normalized spacial score (nSPS) is 30.2. The molecule has 1 fully saturated rings. The van der Waals surface area contributed by atoms with E-state index >= 15 is 0 Å². The zero-order valence-electron chi connectivity index (χ0n) is 11.3. The van der Waals surface area contributed by atoms with Crippen LogP contribution in [0.3, 0.4) is 0 Å². The van der Waals surface area contributed by atoms with Gasteiger partial charge >= 0.3 is 0 Å². The smallest absolute Gasteiger partial charge is 0.249 e. The summed E-state index contributed by atoms with van der Waals surface area (Å²) in [5, 5.41) is 0. The van der Waals surface area contributed by atoms with Crippen LogP contribution in [0.4, 0.5) is 5.69 Å². The van der Waals surface area contributed by atoms with Crippen molar-refractivity contribution >= 4 is 11.6 Å². The van der Waals surface area contributed by atoms with E-state index in [0.29, 0.717) is 25.6 Å². The third-order valence-electron chi connectivity index (χ3n) is 4.07. The summed E-state index contributed by atoms with van der Waals surface area (Å²) >= 11 is 0. The molecule has 2 unspecified atom stereocenters. The van der Waals surface area contributed by atoms with Crippen LogP contribution in [0.2, 0.25) is 0 Å². The lowest BCUT2D eigenvalue weighted by atomic mass is 9.90. The Hall–Kier alpha value is -1.39. The summed E-state index contributed by atoms with van der Waals surface area (Å²) in [5.74, 6) is 0.466. The predicted molar refractivity (Wildman–Crippen MR) is 74.0 cm³/mol. The van der Waals surface area contributed by atoms with Crippen molar-refractivity contribution in [3.8, 4) is 0 Å². The van der Waals surface area contributed by atoms with Crippen molar-refractivity contribution in [3.63, 3.8) is 0 Å². The molecule has 102 valence electrons. The van der Waals surface area contributed by atoms with Crippen LogP contribution in [0.25, 0.3) is 0 Å². The molecule has 0 saturated carbocycles. The average molecular weight is 260 g/mol. The number of para-hydroxylation sites is 1. The molecule has 0 aromatic heterocycles. The molecule has 2 atom stereocenters. The number of hydrogen-bond acceptors (Lipinski definition) is 3. The van der Waals surface area contributed by atoms with Gasteiger partial charge in [-0.1, -0.05) is 25.1 Å². The highest BCUT2D eigenvalue weighted by Crippen LogP contribution is 2.32. The van der Waals surface area contributed by atoms with E-state index in [2.05, 4.69) is 13.0 Å². The molecule has 4 heteroatoms. The maximum Gasteiger partial charge on any atom is 0.249 e. The van der Waals surface area contributed by atoms with Crippen LogP contribution < -0.4 is 10.6 Å². The molecule has 1 amide bonds. The van der Waals surface area contributed by atoms with Crippen molar-refractivity contribution in [2.75, 3.05) is 24.7 Å². The van der Waals surface area contributed by atoms with Crippen molar-refractivity contribution in [2.45, 2.75) is 25.3 Å². The second kappa shape index (κ2) is 4.62. The van der Waals surface area contributed by atoms with E-state index in [1.165, 1.54) is 5.56 Å². The molecule has 1 aromatic rings. The molecule has 1 saturated heterocycles. The average Bonchev–Trinajstić information content (AvgIpc) is 2.85. The maximum atomic E-state index is 12.8. The van der Waals surface area contributed by atoms with Crippen LogP contribution in [-0.4, -0.2) is 31.2 Å². The Balaban J connectivity index is 1.94. The first-order valence-electron chi connectivity index (χ1n) is 6.87. The lowest BCUT2D eigenvalue weighted by Crippen LogP contribution is -2.57. The van der Waals surface area contributed by atoms with E-state index in [-0.39, 0.29) is 5.91 Å². The summed E-state index contributed by atoms with van der Waals surface area (Å²) in [6.45, 7) is 3.82. The number of nitrogens with zero attached hydrogens (tertiary/aromatic N) is 1. The molecule has 0 aliphatic carbocycles. The van der Waals surface area contributed by atoms with E-state index in [0.717, 1.165) is 18.7 Å². The van der Waals surface area contributed by atoms with E-state index in [1.54, 1.807) is 0 Å². The minimum Gasteiger partial charge on any atom is -0.379 e. The van der Waals surface area contributed by atoms with Crippen LogP contribution in [0, 0.1) is 5.92 Å². The molecule has 2 aliphatic rings. The Morgan fingerprint density at radius 2 is 2.26 bits per heavy atom. The highest BCUT2D eigenvalue weighted by atomic mass is 16.5. The highest BCUT2D eigenvalue weighted by molar-refractivity contribution is 6.01. The quantitative estimate of drug-likeness (QED) is 0.828. The van der Waals surface area contributed by atoms with Crippen molar-refractivity contribution in [2.24, 2.45) is 11.7 Å². The Kier molecular flexibility index (Phi) is 3.07. The van der Waals surface area contributed by atoms with Gasteiger partial charge < -0.3 is 15.4 Å². The van der Waals surface area contributed by atoms with Crippen LogP contribution >= 0.6 is 0 Å². The minimum atomic E-state index is -0.843.